The largest absolute Gasteiger partial charge is 0.469 e. The fourth-order valence-electron chi connectivity index (χ4n) is 1.32. The number of nitrogens with one attached hydrogen (secondary N) is 1. The predicted octanol–water partition coefficient (Wildman–Crippen LogP) is 1.06. The standard InChI is InChI=1S/C11H18N2O2/c1-3-10(12)11(14)13-8(2)7-9-5-4-6-15-9/h4-6,8,10H,3,7,12H2,1-2H3,(H,13,14)/t8?,10-/m0/s1. The molecule has 15 heavy (non-hydrogen) atoms. The van der Waals surface area contributed by atoms with E-state index in [1.165, 1.54) is 0 Å². The van der Waals surface area contributed by atoms with Gasteiger partial charge in [-0.3, -0.25) is 4.79 Å². The molecular formula is C11H18N2O2. The van der Waals surface area contributed by atoms with Crippen molar-refractivity contribution in [1.29, 1.82) is 0 Å². The molecule has 0 radical (unpaired) electrons. The second kappa shape index (κ2) is 5.56. The van der Waals surface area contributed by atoms with Gasteiger partial charge in [0.1, 0.15) is 5.76 Å². The lowest BCUT2D eigenvalue weighted by Gasteiger charge is -2.15. The van der Waals surface area contributed by atoms with Gasteiger partial charge in [0.2, 0.25) is 5.91 Å². The Kier molecular flexibility index (Phi) is 4.37. The SMILES string of the molecule is CC[C@H](N)C(=O)NC(C)Cc1ccco1. The van der Waals surface area contributed by atoms with Crippen LogP contribution in [0.25, 0.3) is 0 Å². The van der Waals surface area contributed by atoms with Crippen molar-refractivity contribution in [3.05, 3.63) is 24.2 Å². The summed E-state index contributed by atoms with van der Waals surface area (Å²) in [5, 5.41) is 2.84. The summed E-state index contributed by atoms with van der Waals surface area (Å²) in [5.41, 5.74) is 5.60. The van der Waals surface area contributed by atoms with Crippen molar-refractivity contribution < 1.29 is 9.21 Å². The Morgan fingerprint density at radius 2 is 2.40 bits per heavy atom. The molecule has 0 saturated carbocycles. The van der Waals surface area contributed by atoms with E-state index in [1.54, 1.807) is 6.26 Å². The minimum atomic E-state index is -0.413. The highest BCUT2D eigenvalue weighted by molar-refractivity contribution is 5.81. The molecule has 1 rings (SSSR count). The highest BCUT2D eigenvalue weighted by Crippen LogP contribution is 2.03. The van der Waals surface area contributed by atoms with Crippen LogP contribution in [0.15, 0.2) is 22.8 Å². The molecule has 0 spiro atoms. The zero-order valence-electron chi connectivity index (χ0n) is 9.19. The molecule has 0 fully saturated rings. The second-order valence-corrected chi connectivity index (χ2v) is 3.71. The first-order valence-electron chi connectivity index (χ1n) is 5.21. The highest BCUT2D eigenvalue weighted by Gasteiger charge is 2.14. The van der Waals surface area contributed by atoms with Gasteiger partial charge in [0.05, 0.1) is 12.3 Å². The minimum absolute atomic E-state index is 0.0428. The Balaban J connectivity index is 2.36. The van der Waals surface area contributed by atoms with Crippen molar-refractivity contribution in [2.45, 2.75) is 38.8 Å². The summed E-state index contributed by atoms with van der Waals surface area (Å²) in [7, 11) is 0. The molecule has 0 aliphatic carbocycles. The number of furan rings is 1. The zero-order chi connectivity index (χ0) is 11.3. The Labute approximate surface area is 89.8 Å². The third kappa shape index (κ3) is 3.75. The highest BCUT2D eigenvalue weighted by atomic mass is 16.3. The Bertz CT molecular complexity index is 296. The molecule has 0 aromatic carbocycles. The second-order valence-electron chi connectivity index (χ2n) is 3.71. The summed E-state index contributed by atoms with van der Waals surface area (Å²) in [6.07, 6.45) is 2.97. The van der Waals surface area contributed by atoms with Crippen LogP contribution in [0.3, 0.4) is 0 Å². The first kappa shape index (κ1) is 11.8. The molecule has 84 valence electrons. The first-order valence-corrected chi connectivity index (χ1v) is 5.21. The van der Waals surface area contributed by atoms with Crippen LogP contribution in [0.5, 0.6) is 0 Å². The maximum atomic E-state index is 11.4. The maximum absolute atomic E-state index is 11.4. The number of rotatable bonds is 5. The van der Waals surface area contributed by atoms with Gasteiger partial charge < -0.3 is 15.5 Å². The first-order chi connectivity index (χ1) is 7.13. The van der Waals surface area contributed by atoms with Crippen LogP contribution in [0, 0.1) is 0 Å². The van der Waals surface area contributed by atoms with Crippen molar-refractivity contribution >= 4 is 5.91 Å². The Hall–Kier alpha value is -1.29. The molecule has 1 aromatic rings. The van der Waals surface area contributed by atoms with Gasteiger partial charge in [-0.15, -0.1) is 0 Å². The number of carbonyl (C=O) groups is 1. The van der Waals surface area contributed by atoms with Crippen LogP contribution < -0.4 is 11.1 Å². The summed E-state index contributed by atoms with van der Waals surface area (Å²) >= 11 is 0. The topological polar surface area (TPSA) is 68.3 Å². The van der Waals surface area contributed by atoms with Gasteiger partial charge in [0.15, 0.2) is 0 Å². The van der Waals surface area contributed by atoms with E-state index >= 15 is 0 Å². The monoisotopic (exact) mass is 210 g/mol. The van der Waals surface area contributed by atoms with Crippen molar-refractivity contribution in [2.75, 3.05) is 0 Å². The lowest BCUT2D eigenvalue weighted by molar-refractivity contribution is -0.123. The maximum Gasteiger partial charge on any atom is 0.237 e. The Morgan fingerprint density at radius 3 is 2.93 bits per heavy atom. The molecule has 1 heterocycles. The summed E-state index contributed by atoms with van der Waals surface area (Å²) in [6.45, 7) is 3.82. The van der Waals surface area contributed by atoms with E-state index in [-0.39, 0.29) is 11.9 Å². The summed E-state index contributed by atoms with van der Waals surface area (Å²) < 4.78 is 5.19. The van der Waals surface area contributed by atoms with E-state index < -0.39 is 6.04 Å². The quantitative estimate of drug-likeness (QED) is 0.763. The Morgan fingerprint density at radius 1 is 1.67 bits per heavy atom. The third-order valence-corrected chi connectivity index (χ3v) is 2.25. The third-order valence-electron chi connectivity index (χ3n) is 2.25. The van der Waals surface area contributed by atoms with Gasteiger partial charge in [-0.1, -0.05) is 6.92 Å². The van der Waals surface area contributed by atoms with E-state index in [0.717, 1.165) is 5.76 Å². The van der Waals surface area contributed by atoms with Crippen LogP contribution in [-0.2, 0) is 11.2 Å². The summed E-state index contributed by atoms with van der Waals surface area (Å²) in [6, 6.07) is 3.36. The van der Waals surface area contributed by atoms with Crippen molar-refractivity contribution in [2.24, 2.45) is 5.73 Å². The number of hydrogen-bond acceptors (Lipinski definition) is 3. The zero-order valence-corrected chi connectivity index (χ0v) is 9.19. The molecule has 2 atom stereocenters. The average molecular weight is 210 g/mol. The molecule has 4 heteroatoms. The number of nitrogens with two attached hydrogens (primary N) is 1. The van der Waals surface area contributed by atoms with Crippen molar-refractivity contribution in [3.8, 4) is 0 Å². The van der Waals surface area contributed by atoms with Gasteiger partial charge in [-0.25, -0.2) is 0 Å². The fourth-order valence-corrected chi connectivity index (χ4v) is 1.32. The van der Waals surface area contributed by atoms with E-state index in [9.17, 15) is 4.79 Å². The lowest BCUT2D eigenvalue weighted by Crippen LogP contribution is -2.44. The molecule has 3 N–H and O–H groups in total. The summed E-state index contributed by atoms with van der Waals surface area (Å²) in [4.78, 5) is 11.4. The van der Waals surface area contributed by atoms with Crippen LogP contribution in [0.4, 0.5) is 0 Å². The summed E-state index contributed by atoms with van der Waals surface area (Å²) in [5.74, 6) is 0.768. The molecular weight excluding hydrogens is 192 g/mol. The molecule has 0 aliphatic heterocycles. The van der Waals surface area contributed by atoms with Gasteiger partial charge in [-0.2, -0.15) is 0 Å². The molecule has 1 amide bonds. The van der Waals surface area contributed by atoms with Gasteiger partial charge in [0, 0.05) is 12.5 Å². The van der Waals surface area contributed by atoms with Gasteiger partial charge >= 0.3 is 0 Å². The smallest absolute Gasteiger partial charge is 0.237 e. The van der Waals surface area contributed by atoms with Crippen LogP contribution >= 0.6 is 0 Å². The molecule has 0 bridgehead atoms. The van der Waals surface area contributed by atoms with E-state index in [1.807, 2.05) is 26.0 Å². The van der Waals surface area contributed by atoms with E-state index in [0.29, 0.717) is 12.8 Å². The molecule has 4 nitrogen and oxygen atoms in total. The van der Waals surface area contributed by atoms with Crippen molar-refractivity contribution in [3.63, 3.8) is 0 Å². The van der Waals surface area contributed by atoms with E-state index in [2.05, 4.69) is 5.32 Å². The molecule has 0 aliphatic rings. The molecule has 1 aromatic heterocycles. The normalized spacial score (nSPS) is 14.6. The molecule has 1 unspecified atom stereocenters. The minimum Gasteiger partial charge on any atom is -0.469 e. The fraction of sp³-hybridized carbons (Fsp3) is 0.545. The number of amides is 1. The lowest BCUT2D eigenvalue weighted by atomic mass is 10.1. The van der Waals surface area contributed by atoms with Crippen LogP contribution in [-0.4, -0.2) is 18.0 Å². The number of hydrogen-bond donors (Lipinski definition) is 2. The van der Waals surface area contributed by atoms with Crippen molar-refractivity contribution in [1.82, 2.24) is 5.32 Å². The van der Waals surface area contributed by atoms with Gasteiger partial charge in [0.25, 0.3) is 0 Å². The number of carbonyl (C=O) groups excluding carboxylic acids is 1. The van der Waals surface area contributed by atoms with E-state index in [4.69, 9.17) is 10.2 Å². The van der Waals surface area contributed by atoms with Crippen LogP contribution in [0.1, 0.15) is 26.0 Å². The predicted molar refractivity (Wildman–Crippen MR) is 58.3 cm³/mol. The average Bonchev–Trinajstić information content (AvgIpc) is 2.68. The molecule has 0 saturated heterocycles. The van der Waals surface area contributed by atoms with Gasteiger partial charge in [-0.05, 0) is 25.5 Å². The van der Waals surface area contributed by atoms with Crippen LogP contribution in [0.2, 0.25) is 0 Å².